The summed E-state index contributed by atoms with van der Waals surface area (Å²) in [6.07, 6.45) is -0.266. The summed E-state index contributed by atoms with van der Waals surface area (Å²) in [6, 6.07) is 18.5. The van der Waals surface area contributed by atoms with Crippen LogP contribution in [0, 0.1) is 6.92 Å². The number of nitrogens with one attached hydrogen (secondary N) is 3. The molecule has 9 heteroatoms. The van der Waals surface area contributed by atoms with Gasteiger partial charge in [0.25, 0.3) is 11.8 Å². The van der Waals surface area contributed by atoms with E-state index in [0.717, 1.165) is 22.3 Å². The predicted octanol–water partition coefficient (Wildman–Crippen LogP) is 3.25. The summed E-state index contributed by atoms with van der Waals surface area (Å²) in [6.45, 7) is 3.41. The summed E-state index contributed by atoms with van der Waals surface area (Å²) in [4.78, 5) is 25.7. The molecule has 2 atom stereocenters. The zero-order valence-corrected chi connectivity index (χ0v) is 21.5. The van der Waals surface area contributed by atoms with Gasteiger partial charge in [0.05, 0.1) is 13.2 Å². The molecule has 2 amide bonds. The molecule has 0 aromatic heterocycles. The third-order valence-corrected chi connectivity index (χ3v) is 6.49. The largest absolute Gasteiger partial charge is 0.493 e. The van der Waals surface area contributed by atoms with Crippen molar-refractivity contribution in [2.75, 3.05) is 26.8 Å². The molecule has 0 aliphatic carbocycles. The van der Waals surface area contributed by atoms with Gasteiger partial charge in [-0.2, -0.15) is 0 Å². The molecule has 194 valence electrons. The van der Waals surface area contributed by atoms with Crippen LogP contribution < -0.4 is 30.2 Å². The Morgan fingerprint density at radius 3 is 2.68 bits per heavy atom. The van der Waals surface area contributed by atoms with Gasteiger partial charge in [-0.3, -0.25) is 9.59 Å². The number of methoxy groups -OCH3 is 1. The fourth-order valence-corrected chi connectivity index (χ4v) is 4.48. The summed E-state index contributed by atoms with van der Waals surface area (Å²) in [7, 11) is 1.58. The molecule has 1 fully saturated rings. The van der Waals surface area contributed by atoms with Gasteiger partial charge >= 0.3 is 0 Å². The van der Waals surface area contributed by atoms with Gasteiger partial charge < -0.3 is 30.2 Å². The maximum atomic E-state index is 13.2. The first kappa shape index (κ1) is 26.3. The molecule has 0 unspecified atom stereocenters. The number of ether oxygens (including phenoxy) is 3. The van der Waals surface area contributed by atoms with E-state index >= 15 is 0 Å². The second-order valence-electron chi connectivity index (χ2n) is 9.00. The molecule has 8 nitrogen and oxygen atoms in total. The highest BCUT2D eigenvalue weighted by atomic mass is 35.5. The third-order valence-electron chi connectivity index (χ3n) is 6.49. The Kier molecular flexibility index (Phi) is 8.21. The van der Waals surface area contributed by atoms with Crippen LogP contribution in [-0.2, 0) is 11.3 Å². The average Bonchev–Trinajstić information content (AvgIpc) is 3.32. The topological polar surface area (TPSA) is 97.9 Å². The lowest BCUT2D eigenvalue weighted by Gasteiger charge is -2.23. The van der Waals surface area contributed by atoms with E-state index in [9.17, 15) is 9.59 Å². The molecule has 3 aromatic rings. The van der Waals surface area contributed by atoms with Crippen molar-refractivity contribution in [3.63, 3.8) is 0 Å². The number of hydrogen-bond acceptors (Lipinski definition) is 6. The molecule has 3 aromatic carbocycles. The van der Waals surface area contributed by atoms with Gasteiger partial charge in [-0.1, -0.05) is 24.3 Å². The van der Waals surface area contributed by atoms with E-state index in [1.165, 1.54) is 0 Å². The number of carbonyl (C=O) groups is 2. The molecule has 6 bridgehead atoms. The number of benzene rings is 3. The van der Waals surface area contributed by atoms with Crippen molar-refractivity contribution in [2.24, 2.45) is 0 Å². The minimum atomic E-state index is -0.266. The van der Waals surface area contributed by atoms with E-state index in [-0.39, 0.29) is 43.0 Å². The number of aryl methyl sites for hydroxylation is 1. The molecular formula is C28H30ClN3O5. The normalized spacial score (nSPS) is 19.3. The van der Waals surface area contributed by atoms with E-state index in [1.54, 1.807) is 7.11 Å². The van der Waals surface area contributed by atoms with Crippen LogP contribution in [0.3, 0.4) is 0 Å². The highest BCUT2D eigenvalue weighted by molar-refractivity contribution is 5.96. The van der Waals surface area contributed by atoms with Gasteiger partial charge in [0.1, 0.15) is 11.9 Å². The molecule has 0 saturated carbocycles. The SMILES string of the molecule is COc1cc2ccc1O[C@H]1CNC[C@@H]1NC(=O)c1ccc(C)c(c1)-c1cccc(c1)OCC(=O)NC2.Cl. The van der Waals surface area contributed by atoms with Gasteiger partial charge in [-0.05, 0) is 65.6 Å². The number of amides is 2. The van der Waals surface area contributed by atoms with E-state index in [1.807, 2.05) is 67.6 Å². The molecule has 3 N–H and O–H groups in total. The maximum Gasteiger partial charge on any atom is 0.258 e. The van der Waals surface area contributed by atoms with Gasteiger partial charge in [0.15, 0.2) is 18.1 Å². The summed E-state index contributed by atoms with van der Waals surface area (Å²) in [5.74, 6) is 1.32. The second-order valence-corrected chi connectivity index (χ2v) is 9.00. The zero-order valence-electron chi connectivity index (χ0n) is 20.7. The Labute approximate surface area is 222 Å². The van der Waals surface area contributed by atoms with Gasteiger partial charge in [-0.15, -0.1) is 12.4 Å². The predicted molar refractivity (Wildman–Crippen MR) is 143 cm³/mol. The summed E-state index contributed by atoms with van der Waals surface area (Å²) < 4.78 is 17.6. The van der Waals surface area contributed by atoms with Crippen LogP contribution in [0.15, 0.2) is 60.7 Å². The number of halogens is 1. The molecule has 0 spiro atoms. The Bertz CT molecular complexity index is 1300. The number of carbonyl (C=O) groups excluding carboxylic acids is 2. The molecule has 3 aliphatic heterocycles. The van der Waals surface area contributed by atoms with Gasteiger partial charge in [-0.25, -0.2) is 0 Å². The smallest absolute Gasteiger partial charge is 0.258 e. The van der Waals surface area contributed by atoms with Crippen molar-refractivity contribution < 1.29 is 23.8 Å². The fourth-order valence-electron chi connectivity index (χ4n) is 4.48. The van der Waals surface area contributed by atoms with Crippen molar-refractivity contribution >= 4 is 24.2 Å². The molecular weight excluding hydrogens is 494 g/mol. The van der Waals surface area contributed by atoms with Gasteiger partial charge in [0, 0.05) is 25.2 Å². The van der Waals surface area contributed by atoms with E-state index in [2.05, 4.69) is 16.0 Å². The molecule has 3 aliphatic rings. The number of rotatable bonds is 1. The van der Waals surface area contributed by atoms with Crippen LogP contribution in [0.4, 0.5) is 0 Å². The minimum absolute atomic E-state index is 0. The van der Waals surface area contributed by atoms with E-state index < -0.39 is 0 Å². The van der Waals surface area contributed by atoms with Crippen molar-refractivity contribution in [3.8, 4) is 28.4 Å². The standard InChI is InChI=1S/C28H29N3O5.ClH/c1-17-6-8-20-12-22(17)19-4-3-5-21(11-19)35-16-27(32)30-13-18-7-9-24(25(10-18)34-2)36-26-15-29-14-23(26)31-28(20)33;/h3-12,23,26,29H,13-16H2,1-2H3,(H,30,32)(H,31,33);1H/t23-,26-;/m0./s1. The van der Waals surface area contributed by atoms with Crippen LogP contribution >= 0.6 is 12.4 Å². The quantitative estimate of drug-likeness (QED) is 0.453. The van der Waals surface area contributed by atoms with E-state index in [4.69, 9.17) is 14.2 Å². The lowest BCUT2D eigenvalue weighted by Crippen LogP contribution is -2.45. The first-order valence-electron chi connectivity index (χ1n) is 12.0. The summed E-state index contributed by atoms with van der Waals surface area (Å²) in [5, 5.41) is 9.31. The lowest BCUT2D eigenvalue weighted by molar-refractivity contribution is -0.123. The molecule has 3 heterocycles. The molecule has 6 rings (SSSR count). The van der Waals surface area contributed by atoms with Crippen molar-refractivity contribution in [3.05, 3.63) is 77.4 Å². The Balaban J connectivity index is 0.00000320. The Hall–Kier alpha value is -3.75. The lowest BCUT2D eigenvalue weighted by atomic mass is 9.97. The highest BCUT2D eigenvalue weighted by Crippen LogP contribution is 2.31. The van der Waals surface area contributed by atoms with Crippen LogP contribution in [0.5, 0.6) is 17.2 Å². The average molecular weight is 524 g/mol. The Morgan fingerprint density at radius 2 is 1.84 bits per heavy atom. The van der Waals surface area contributed by atoms with Crippen LogP contribution in [0.1, 0.15) is 21.5 Å². The fraction of sp³-hybridized carbons (Fsp3) is 0.286. The first-order valence-corrected chi connectivity index (χ1v) is 12.0. The first-order chi connectivity index (χ1) is 17.5. The van der Waals surface area contributed by atoms with E-state index in [0.29, 0.717) is 42.4 Å². The van der Waals surface area contributed by atoms with Gasteiger partial charge in [0.2, 0.25) is 0 Å². The Morgan fingerprint density at radius 1 is 0.973 bits per heavy atom. The minimum Gasteiger partial charge on any atom is -0.493 e. The zero-order chi connectivity index (χ0) is 25.1. The monoisotopic (exact) mass is 523 g/mol. The second kappa shape index (κ2) is 11.5. The van der Waals surface area contributed by atoms with Crippen LogP contribution in [0.2, 0.25) is 0 Å². The summed E-state index contributed by atoms with van der Waals surface area (Å²) in [5.41, 5.74) is 4.29. The molecule has 37 heavy (non-hydrogen) atoms. The van der Waals surface area contributed by atoms with Crippen LogP contribution in [0.25, 0.3) is 11.1 Å². The maximum absolute atomic E-state index is 13.2. The number of fused-ring (bicyclic) bond motifs is 7. The van der Waals surface area contributed by atoms with Crippen molar-refractivity contribution in [1.29, 1.82) is 0 Å². The third kappa shape index (κ3) is 5.98. The number of hydrogen-bond donors (Lipinski definition) is 3. The molecule has 1 saturated heterocycles. The van der Waals surface area contributed by atoms with Crippen LogP contribution in [-0.4, -0.2) is 50.8 Å². The highest BCUT2D eigenvalue weighted by Gasteiger charge is 2.31. The molecule has 0 radical (unpaired) electrons. The van der Waals surface area contributed by atoms with Crippen molar-refractivity contribution in [1.82, 2.24) is 16.0 Å². The summed E-state index contributed by atoms with van der Waals surface area (Å²) >= 11 is 0. The van der Waals surface area contributed by atoms with Crippen molar-refractivity contribution in [2.45, 2.75) is 25.6 Å².